The Morgan fingerprint density at radius 3 is 2.48 bits per heavy atom. The van der Waals surface area contributed by atoms with Gasteiger partial charge in [-0.2, -0.15) is 0 Å². The second kappa shape index (κ2) is 6.40. The molecule has 0 bridgehead atoms. The average molecular weight is 401 g/mol. The van der Waals surface area contributed by atoms with Gasteiger partial charge in [-0.1, -0.05) is 41.4 Å². The molecule has 0 amide bonds. The Bertz CT molecular complexity index is 947. The van der Waals surface area contributed by atoms with Crippen LogP contribution >= 0.6 is 23.2 Å². The Morgan fingerprint density at radius 1 is 1.24 bits per heavy atom. The second-order valence-electron chi connectivity index (χ2n) is 5.43. The van der Waals surface area contributed by atoms with Crippen LogP contribution in [0, 0.1) is 0 Å². The SMILES string of the molecule is CN(c1ccccc1)S(=O)(=O)c1cc2c(c(Cl)c1Cl)OC(C(=O)[O-])C2. The second-order valence-corrected chi connectivity index (χ2v) is 8.12. The maximum Gasteiger partial charge on any atom is 0.265 e. The molecular formula is C16H12Cl2NO5S-. The van der Waals surface area contributed by atoms with E-state index in [-0.39, 0.29) is 27.1 Å². The van der Waals surface area contributed by atoms with Gasteiger partial charge in [0.15, 0.2) is 0 Å². The third-order valence-electron chi connectivity index (χ3n) is 3.89. The summed E-state index contributed by atoms with van der Waals surface area (Å²) in [7, 11) is -2.61. The van der Waals surface area contributed by atoms with Crippen molar-refractivity contribution >= 4 is 44.9 Å². The van der Waals surface area contributed by atoms with E-state index in [2.05, 4.69) is 0 Å². The number of halogens is 2. The highest BCUT2D eigenvalue weighted by molar-refractivity contribution is 7.93. The highest BCUT2D eigenvalue weighted by Crippen LogP contribution is 2.44. The molecule has 0 saturated heterocycles. The molecular weight excluding hydrogens is 389 g/mol. The van der Waals surface area contributed by atoms with E-state index in [0.717, 1.165) is 4.31 Å². The lowest BCUT2D eigenvalue weighted by molar-refractivity contribution is -0.312. The third-order valence-corrected chi connectivity index (χ3v) is 6.66. The minimum atomic E-state index is -4.01. The first kappa shape index (κ1) is 17.8. The van der Waals surface area contributed by atoms with Crippen LogP contribution in [-0.4, -0.2) is 27.5 Å². The van der Waals surface area contributed by atoms with Gasteiger partial charge < -0.3 is 14.6 Å². The largest absolute Gasteiger partial charge is 0.546 e. The van der Waals surface area contributed by atoms with Crippen molar-refractivity contribution in [2.24, 2.45) is 0 Å². The van der Waals surface area contributed by atoms with E-state index in [0.29, 0.717) is 11.3 Å². The van der Waals surface area contributed by atoms with Gasteiger partial charge in [0.1, 0.15) is 21.8 Å². The number of anilines is 1. The number of carboxylic acids is 1. The maximum atomic E-state index is 12.9. The number of carboxylic acid groups (broad SMARTS) is 1. The lowest BCUT2D eigenvalue weighted by Gasteiger charge is -2.21. The normalized spacial score (nSPS) is 16.2. The summed E-state index contributed by atoms with van der Waals surface area (Å²) < 4.78 is 32.1. The van der Waals surface area contributed by atoms with Crippen LogP contribution in [0.1, 0.15) is 5.56 Å². The fourth-order valence-corrected chi connectivity index (χ4v) is 4.61. The number of hydrogen-bond donors (Lipinski definition) is 0. The molecule has 132 valence electrons. The third kappa shape index (κ3) is 3.03. The van der Waals surface area contributed by atoms with Crippen LogP contribution in [0.15, 0.2) is 41.3 Å². The highest BCUT2D eigenvalue weighted by atomic mass is 35.5. The Balaban J connectivity index is 2.08. The number of hydrogen-bond acceptors (Lipinski definition) is 5. The van der Waals surface area contributed by atoms with E-state index in [9.17, 15) is 18.3 Å². The van der Waals surface area contributed by atoms with Crippen molar-refractivity contribution in [2.45, 2.75) is 17.4 Å². The molecule has 25 heavy (non-hydrogen) atoms. The van der Waals surface area contributed by atoms with Gasteiger partial charge in [0.05, 0.1) is 16.7 Å². The van der Waals surface area contributed by atoms with E-state index in [1.165, 1.54) is 13.1 Å². The molecule has 0 aliphatic carbocycles. The van der Waals surface area contributed by atoms with E-state index < -0.39 is 22.1 Å². The van der Waals surface area contributed by atoms with Crippen LogP contribution in [0.25, 0.3) is 0 Å². The number of benzene rings is 2. The summed E-state index contributed by atoms with van der Waals surface area (Å²) in [6.07, 6.45) is -1.28. The minimum Gasteiger partial charge on any atom is -0.546 e. The van der Waals surface area contributed by atoms with Gasteiger partial charge in [-0.05, 0) is 18.2 Å². The Labute approximate surface area is 154 Å². The topological polar surface area (TPSA) is 86.7 Å². The van der Waals surface area contributed by atoms with Gasteiger partial charge in [0.25, 0.3) is 10.0 Å². The molecule has 1 unspecified atom stereocenters. The summed E-state index contributed by atoms with van der Waals surface area (Å²) in [5.74, 6) is -1.34. The van der Waals surface area contributed by atoms with Crippen LogP contribution in [0.5, 0.6) is 5.75 Å². The number of rotatable bonds is 4. The molecule has 6 nitrogen and oxygen atoms in total. The van der Waals surface area contributed by atoms with Crippen molar-refractivity contribution in [1.82, 2.24) is 0 Å². The van der Waals surface area contributed by atoms with E-state index in [1.54, 1.807) is 30.3 Å². The zero-order valence-corrected chi connectivity index (χ0v) is 15.2. The standard InChI is InChI=1S/C16H13Cl2NO5S/c1-19(10-5-3-2-4-6-10)25(22,23)12-8-9-7-11(16(20)21)24-15(9)14(18)13(12)17/h2-6,8,11H,7H2,1H3,(H,20,21)/p-1. The van der Waals surface area contributed by atoms with Crippen molar-refractivity contribution in [3.8, 4) is 5.75 Å². The van der Waals surface area contributed by atoms with Gasteiger partial charge in [-0.15, -0.1) is 0 Å². The fraction of sp³-hybridized carbons (Fsp3) is 0.188. The highest BCUT2D eigenvalue weighted by Gasteiger charge is 2.33. The van der Waals surface area contributed by atoms with Crippen molar-refractivity contribution in [1.29, 1.82) is 0 Å². The zero-order chi connectivity index (χ0) is 18.4. The van der Waals surface area contributed by atoms with Crippen LogP contribution in [0.4, 0.5) is 5.69 Å². The summed E-state index contributed by atoms with van der Waals surface area (Å²) in [5, 5.41) is 10.6. The molecule has 2 aromatic carbocycles. The van der Waals surface area contributed by atoms with Crippen LogP contribution < -0.4 is 14.1 Å². The van der Waals surface area contributed by atoms with Gasteiger partial charge >= 0.3 is 0 Å². The van der Waals surface area contributed by atoms with Gasteiger partial charge in [-0.25, -0.2) is 8.42 Å². The number of ether oxygens (including phenoxy) is 1. The summed E-state index contributed by atoms with van der Waals surface area (Å²) >= 11 is 12.3. The molecule has 3 rings (SSSR count). The molecule has 0 fully saturated rings. The zero-order valence-electron chi connectivity index (χ0n) is 12.9. The van der Waals surface area contributed by atoms with E-state index in [4.69, 9.17) is 27.9 Å². The van der Waals surface area contributed by atoms with Gasteiger partial charge in [-0.3, -0.25) is 4.31 Å². The number of nitrogens with zero attached hydrogens (tertiary/aromatic N) is 1. The monoisotopic (exact) mass is 400 g/mol. The van der Waals surface area contributed by atoms with E-state index in [1.807, 2.05) is 0 Å². The average Bonchev–Trinajstić information content (AvgIpc) is 3.03. The first-order chi connectivity index (χ1) is 11.7. The predicted molar refractivity (Wildman–Crippen MR) is 91.6 cm³/mol. The number of aliphatic carboxylic acids is 1. The molecule has 1 atom stereocenters. The van der Waals surface area contributed by atoms with Gasteiger partial charge in [0, 0.05) is 19.0 Å². The number of fused-ring (bicyclic) bond motifs is 1. The molecule has 1 heterocycles. The minimum absolute atomic E-state index is 0.0495. The molecule has 2 aromatic rings. The van der Waals surface area contributed by atoms with Crippen LogP contribution in [-0.2, 0) is 21.2 Å². The fourth-order valence-electron chi connectivity index (χ4n) is 2.54. The van der Waals surface area contributed by atoms with Crippen molar-refractivity contribution in [2.75, 3.05) is 11.4 Å². The van der Waals surface area contributed by atoms with Crippen LogP contribution in [0.3, 0.4) is 0 Å². The molecule has 0 saturated carbocycles. The Morgan fingerprint density at radius 2 is 1.88 bits per heavy atom. The smallest absolute Gasteiger partial charge is 0.265 e. The van der Waals surface area contributed by atoms with Crippen LogP contribution in [0.2, 0.25) is 10.0 Å². The maximum absolute atomic E-state index is 12.9. The Kier molecular flexibility index (Phi) is 4.57. The first-order valence-electron chi connectivity index (χ1n) is 7.16. The Hall–Kier alpha value is -1.96. The van der Waals surface area contributed by atoms with Crippen molar-refractivity contribution in [3.63, 3.8) is 0 Å². The first-order valence-corrected chi connectivity index (χ1v) is 9.35. The number of carbonyl (C=O) groups is 1. The summed E-state index contributed by atoms with van der Waals surface area (Å²) in [5.41, 5.74) is 0.794. The summed E-state index contributed by atoms with van der Waals surface area (Å²) in [6.45, 7) is 0. The molecule has 0 spiro atoms. The van der Waals surface area contributed by atoms with Crippen molar-refractivity contribution < 1.29 is 23.1 Å². The summed E-state index contributed by atoms with van der Waals surface area (Å²) in [4.78, 5) is 10.8. The number of sulfonamides is 1. The molecule has 1 aliphatic rings. The molecule has 1 aliphatic heterocycles. The molecule has 0 aromatic heterocycles. The lowest BCUT2D eigenvalue weighted by Crippen LogP contribution is -2.38. The van der Waals surface area contributed by atoms with Crippen molar-refractivity contribution in [3.05, 3.63) is 52.0 Å². The molecule has 9 heteroatoms. The lowest BCUT2D eigenvalue weighted by atomic mass is 10.1. The molecule has 0 N–H and O–H groups in total. The van der Waals surface area contributed by atoms with Gasteiger partial charge in [0.2, 0.25) is 0 Å². The number of carbonyl (C=O) groups excluding carboxylic acids is 1. The number of para-hydroxylation sites is 1. The van der Waals surface area contributed by atoms with E-state index >= 15 is 0 Å². The summed E-state index contributed by atoms with van der Waals surface area (Å²) in [6, 6.07) is 9.74. The quantitative estimate of drug-likeness (QED) is 0.781. The molecule has 0 radical (unpaired) electrons. The predicted octanol–water partition coefficient (Wildman–Crippen LogP) is 1.87.